The van der Waals surface area contributed by atoms with Crippen LogP contribution in [0.1, 0.15) is 37.3 Å². The van der Waals surface area contributed by atoms with Gasteiger partial charge in [0.2, 0.25) is 0 Å². The molecule has 0 aromatic carbocycles. The zero-order valence-corrected chi connectivity index (χ0v) is 15.6. The van der Waals surface area contributed by atoms with E-state index in [2.05, 4.69) is 4.90 Å². The number of fused-ring (bicyclic) bond motifs is 1. The molecule has 7 nitrogen and oxygen atoms in total. The van der Waals surface area contributed by atoms with Crippen molar-refractivity contribution in [1.29, 1.82) is 5.26 Å². The van der Waals surface area contributed by atoms with E-state index in [1.807, 2.05) is 19.1 Å². The van der Waals surface area contributed by atoms with Crippen molar-refractivity contribution in [2.75, 3.05) is 24.6 Å². The second-order valence-electron chi connectivity index (χ2n) is 6.48. The fraction of sp³-hybridized carbons (Fsp3) is 0.400. The van der Waals surface area contributed by atoms with Crippen molar-refractivity contribution in [2.45, 2.75) is 33.1 Å². The van der Waals surface area contributed by atoms with Gasteiger partial charge in [-0.25, -0.2) is 9.78 Å². The minimum atomic E-state index is -0.738. The normalized spacial score (nSPS) is 14.9. The lowest BCUT2D eigenvalue weighted by molar-refractivity contribution is -0.137. The molecule has 2 aromatic heterocycles. The lowest BCUT2D eigenvalue weighted by atomic mass is 10.1. The fourth-order valence-corrected chi connectivity index (χ4v) is 3.26. The van der Waals surface area contributed by atoms with Crippen molar-refractivity contribution in [3.63, 3.8) is 0 Å². The van der Waals surface area contributed by atoms with Gasteiger partial charge in [-0.3, -0.25) is 9.20 Å². The van der Waals surface area contributed by atoms with Crippen LogP contribution in [-0.4, -0.2) is 35.1 Å². The largest absolute Gasteiger partial charge is 0.462 e. The first-order valence-corrected chi connectivity index (χ1v) is 9.12. The average Bonchev–Trinajstić information content (AvgIpc) is 2.68. The third-order valence-electron chi connectivity index (χ3n) is 4.62. The molecule has 0 unspecified atom stereocenters. The summed E-state index contributed by atoms with van der Waals surface area (Å²) in [5, 5.41) is 9.37. The maximum atomic E-state index is 13.2. The van der Waals surface area contributed by atoms with Gasteiger partial charge in [0.15, 0.2) is 0 Å². The van der Waals surface area contributed by atoms with Crippen LogP contribution in [0, 0.1) is 18.3 Å². The number of nitrogens with zero attached hydrogens (tertiary/aromatic N) is 4. The number of piperidine rings is 1. The number of anilines is 1. The average molecular weight is 366 g/mol. The molecule has 0 spiro atoms. The van der Waals surface area contributed by atoms with Crippen LogP contribution in [0.4, 0.5) is 5.82 Å². The quantitative estimate of drug-likeness (QED) is 0.469. The maximum absolute atomic E-state index is 13.2. The van der Waals surface area contributed by atoms with E-state index in [-0.39, 0.29) is 23.3 Å². The van der Waals surface area contributed by atoms with Gasteiger partial charge >= 0.3 is 5.97 Å². The number of aromatic nitrogens is 2. The minimum Gasteiger partial charge on any atom is -0.462 e. The Hall–Kier alpha value is -3.14. The Balaban J connectivity index is 2.25. The molecule has 0 radical (unpaired) electrons. The molecule has 1 saturated heterocycles. The van der Waals surface area contributed by atoms with Crippen LogP contribution >= 0.6 is 0 Å². The number of rotatable bonds is 4. The molecule has 0 amide bonds. The number of carbonyl (C=O) groups excluding carboxylic acids is 1. The van der Waals surface area contributed by atoms with Gasteiger partial charge < -0.3 is 9.64 Å². The first-order chi connectivity index (χ1) is 13.1. The van der Waals surface area contributed by atoms with Gasteiger partial charge in [-0.05, 0) is 50.8 Å². The molecule has 1 aliphatic rings. The van der Waals surface area contributed by atoms with Crippen LogP contribution < -0.4 is 10.5 Å². The SMILES string of the molecule is CCOC(=O)C(C#N)=Cc1c(N2CCCCC2)nc2c(C)cccn2c1=O. The maximum Gasteiger partial charge on any atom is 0.348 e. The number of carbonyl (C=O) groups is 1. The zero-order chi connectivity index (χ0) is 19.4. The van der Waals surface area contributed by atoms with E-state index in [1.165, 1.54) is 10.5 Å². The summed E-state index contributed by atoms with van der Waals surface area (Å²) in [4.78, 5) is 32.0. The van der Waals surface area contributed by atoms with E-state index in [1.54, 1.807) is 19.2 Å². The Kier molecular flexibility index (Phi) is 5.55. The van der Waals surface area contributed by atoms with Gasteiger partial charge in [-0.15, -0.1) is 0 Å². The van der Waals surface area contributed by atoms with Gasteiger partial charge in [-0.1, -0.05) is 6.07 Å². The van der Waals surface area contributed by atoms with Gasteiger partial charge in [0.05, 0.1) is 12.2 Å². The Morgan fingerprint density at radius 2 is 2.11 bits per heavy atom. The summed E-state index contributed by atoms with van der Waals surface area (Å²) in [6.07, 6.45) is 6.12. The molecular weight excluding hydrogens is 344 g/mol. The lowest BCUT2D eigenvalue weighted by Gasteiger charge is -2.29. The summed E-state index contributed by atoms with van der Waals surface area (Å²) in [6.45, 7) is 5.30. The number of pyridine rings is 1. The van der Waals surface area contributed by atoms with Crippen LogP contribution in [0.25, 0.3) is 11.7 Å². The molecule has 1 fully saturated rings. The standard InChI is InChI=1S/C20H22N4O3/c1-3-27-20(26)15(13-21)12-16-18(23-9-5-4-6-10-23)22-17-14(2)8-7-11-24(17)19(16)25/h7-8,11-12H,3-6,9-10H2,1-2H3. The molecule has 0 atom stereocenters. The van der Waals surface area contributed by atoms with Gasteiger partial charge in [0.1, 0.15) is 23.1 Å². The van der Waals surface area contributed by atoms with Crippen LogP contribution in [0.5, 0.6) is 0 Å². The predicted molar refractivity (Wildman–Crippen MR) is 102 cm³/mol. The smallest absolute Gasteiger partial charge is 0.348 e. The molecule has 0 saturated carbocycles. The third-order valence-corrected chi connectivity index (χ3v) is 4.62. The first-order valence-electron chi connectivity index (χ1n) is 9.12. The molecule has 7 heteroatoms. The number of hydrogen-bond acceptors (Lipinski definition) is 6. The molecule has 0 aliphatic carbocycles. The monoisotopic (exact) mass is 366 g/mol. The number of hydrogen-bond donors (Lipinski definition) is 0. The summed E-state index contributed by atoms with van der Waals surface area (Å²) < 4.78 is 6.38. The molecule has 0 bridgehead atoms. The second kappa shape index (κ2) is 8.04. The molecule has 3 rings (SSSR count). The van der Waals surface area contributed by atoms with E-state index in [0.717, 1.165) is 37.9 Å². The van der Waals surface area contributed by atoms with Crippen molar-refractivity contribution < 1.29 is 9.53 Å². The van der Waals surface area contributed by atoms with Crippen molar-refractivity contribution in [1.82, 2.24) is 9.38 Å². The Labute approximate surface area is 157 Å². The van der Waals surface area contributed by atoms with Crippen molar-refractivity contribution in [3.8, 4) is 6.07 Å². The highest BCUT2D eigenvalue weighted by molar-refractivity contribution is 5.98. The highest BCUT2D eigenvalue weighted by Gasteiger charge is 2.21. The zero-order valence-electron chi connectivity index (χ0n) is 15.6. The van der Waals surface area contributed by atoms with E-state index < -0.39 is 5.97 Å². The summed E-state index contributed by atoms with van der Waals surface area (Å²) in [7, 11) is 0. The van der Waals surface area contributed by atoms with Crippen molar-refractivity contribution in [2.24, 2.45) is 0 Å². The highest BCUT2D eigenvalue weighted by Crippen LogP contribution is 2.23. The predicted octanol–water partition coefficient (Wildman–Crippen LogP) is 2.46. The number of esters is 1. The van der Waals surface area contributed by atoms with E-state index >= 15 is 0 Å². The van der Waals surface area contributed by atoms with Gasteiger partial charge in [0, 0.05) is 19.3 Å². The Morgan fingerprint density at radius 3 is 2.78 bits per heavy atom. The molecule has 2 aromatic rings. The lowest BCUT2D eigenvalue weighted by Crippen LogP contribution is -2.33. The number of aryl methyl sites for hydroxylation is 1. The van der Waals surface area contributed by atoms with E-state index in [0.29, 0.717) is 11.5 Å². The van der Waals surface area contributed by atoms with Crippen molar-refractivity contribution in [3.05, 3.63) is 45.4 Å². The summed E-state index contributed by atoms with van der Waals surface area (Å²) in [6, 6.07) is 5.52. The van der Waals surface area contributed by atoms with Crippen molar-refractivity contribution >= 4 is 23.5 Å². The minimum absolute atomic E-state index is 0.158. The van der Waals surface area contributed by atoms with Crippen LogP contribution in [0.15, 0.2) is 28.7 Å². The Morgan fingerprint density at radius 1 is 1.37 bits per heavy atom. The molecule has 27 heavy (non-hydrogen) atoms. The van der Waals surface area contributed by atoms with Gasteiger partial charge in [-0.2, -0.15) is 5.26 Å². The van der Waals surface area contributed by atoms with E-state index in [4.69, 9.17) is 9.72 Å². The van der Waals surface area contributed by atoms with Crippen LogP contribution in [0.2, 0.25) is 0 Å². The number of ether oxygens (including phenoxy) is 1. The molecular formula is C20H22N4O3. The molecule has 3 heterocycles. The van der Waals surface area contributed by atoms with Gasteiger partial charge in [0.25, 0.3) is 5.56 Å². The molecule has 1 aliphatic heterocycles. The highest BCUT2D eigenvalue weighted by atomic mass is 16.5. The second-order valence-corrected chi connectivity index (χ2v) is 6.48. The summed E-state index contributed by atoms with van der Waals surface area (Å²) in [5.41, 5.74) is 1.19. The number of nitriles is 1. The summed E-state index contributed by atoms with van der Waals surface area (Å²) >= 11 is 0. The van der Waals surface area contributed by atoms with Crippen LogP contribution in [0.3, 0.4) is 0 Å². The topological polar surface area (TPSA) is 87.7 Å². The first kappa shape index (κ1) is 18.6. The third kappa shape index (κ3) is 3.70. The van der Waals surface area contributed by atoms with E-state index in [9.17, 15) is 14.9 Å². The fourth-order valence-electron chi connectivity index (χ4n) is 3.26. The Bertz CT molecular complexity index is 995. The summed E-state index contributed by atoms with van der Waals surface area (Å²) in [5.74, 6) is -0.218. The van der Waals surface area contributed by atoms with Crippen LogP contribution in [-0.2, 0) is 9.53 Å². The molecule has 0 N–H and O–H groups in total. The molecule has 140 valence electrons.